The van der Waals surface area contributed by atoms with Gasteiger partial charge in [-0.1, -0.05) is 11.6 Å². The van der Waals surface area contributed by atoms with Gasteiger partial charge in [-0.25, -0.2) is 14.7 Å². The number of benzene rings is 1. The van der Waals surface area contributed by atoms with Gasteiger partial charge in [0.2, 0.25) is 5.88 Å². The maximum Gasteiger partial charge on any atom is 0.329 e. The first kappa shape index (κ1) is 19.2. The summed E-state index contributed by atoms with van der Waals surface area (Å²) in [6.45, 7) is 8.30. The van der Waals surface area contributed by atoms with Crippen molar-refractivity contribution in [3.63, 3.8) is 0 Å². The van der Waals surface area contributed by atoms with Gasteiger partial charge in [0, 0.05) is 17.8 Å². The van der Waals surface area contributed by atoms with Crippen LogP contribution in [0.25, 0.3) is 0 Å². The van der Waals surface area contributed by atoms with E-state index in [1.165, 1.54) is 24.3 Å². The number of nitriles is 1. The van der Waals surface area contributed by atoms with E-state index in [1.807, 2.05) is 6.07 Å². The van der Waals surface area contributed by atoms with Crippen LogP contribution in [0.1, 0.15) is 26.3 Å². The van der Waals surface area contributed by atoms with Crippen molar-refractivity contribution in [3.8, 4) is 11.8 Å². The van der Waals surface area contributed by atoms with Crippen LogP contribution in [0.5, 0.6) is 5.75 Å². The summed E-state index contributed by atoms with van der Waals surface area (Å²) in [6.07, 6.45) is 2.99. The molecule has 26 heavy (non-hydrogen) atoms. The van der Waals surface area contributed by atoms with Crippen LogP contribution in [0.15, 0.2) is 46.9 Å². The zero-order valence-corrected chi connectivity index (χ0v) is 15.3. The molecule has 0 saturated carbocycles. The summed E-state index contributed by atoms with van der Waals surface area (Å²) in [5, 5.41) is 11.7. The fourth-order valence-electron chi connectivity index (χ4n) is 2.22. The molecule has 1 aromatic rings. The number of rotatable bonds is 5. The van der Waals surface area contributed by atoms with Crippen molar-refractivity contribution < 1.29 is 14.3 Å². The third-order valence-corrected chi connectivity index (χ3v) is 3.93. The van der Waals surface area contributed by atoms with Crippen LogP contribution in [0.3, 0.4) is 0 Å². The van der Waals surface area contributed by atoms with Gasteiger partial charge in [-0.3, -0.25) is 4.79 Å². The average molecular weight is 373 g/mol. The summed E-state index contributed by atoms with van der Waals surface area (Å²) in [7, 11) is 0. The molecule has 7 nitrogen and oxygen atoms in total. The highest BCUT2D eigenvalue weighted by molar-refractivity contribution is 6.31. The second-order valence-corrected chi connectivity index (χ2v) is 6.43. The Bertz CT molecular complexity index is 881. The number of hydrogen-bond donors (Lipinski definition) is 1. The third kappa shape index (κ3) is 3.92. The van der Waals surface area contributed by atoms with E-state index in [0.29, 0.717) is 17.0 Å². The van der Waals surface area contributed by atoms with Crippen LogP contribution >= 0.6 is 11.6 Å². The number of amides is 3. The van der Waals surface area contributed by atoms with Crippen molar-refractivity contribution in [3.05, 3.63) is 52.5 Å². The van der Waals surface area contributed by atoms with Crippen LogP contribution in [-0.2, 0) is 4.79 Å². The van der Waals surface area contributed by atoms with Crippen molar-refractivity contribution in [1.82, 2.24) is 10.2 Å². The van der Waals surface area contributed by atoms with Gasteiger partial charge < -0.3 is 10.1 Å². The predicted octanol–water partition coefficient (Wildman–Crippen LogP) is 3.37. The molecule has 1 heterocycles. The predicted molar refractivity (Wildman–Crippen MR) is 97.6 cm³/mol. The first-order valence-corrected chi connectivity index (χ1v) is 7.97. The number of aliphatic imine (C=N–C) groups is 1. The van der Waals surface area contributed by atoms with E-state index in [1.54, 1.807) is 26.8 Å². The summed E-state index contributed by atoms with van der Waals surface area (Å²) in [4.78, 5) is 29.0. The summed E-state index contributed by atoms with van der Waals surface area (Å²) >= 11 is 5.96. The molecule has 2 rings (SSSR count). The quantitative estimate of drug-likeness (QED) is 0.371. The minimum absolute atomic E-state index is 0.136. The van der Waals surface area contributed by atoms with Gasteiger partial charge in [-0.05, 0) is 45.7 Å². The average Bonchev–Trinajstić information content (AvgIpc) is 2.78. The first-order valence-electron chi connectivity index (χ1n) is 7.59. The molecule has 134 valence electrons. The summed E-state index contributed by atoms with van der Waals surface area (Å²) in [5.41, 5.74) is -0.223. The van der Waals surface area contributed by atoms with Gasteiger partial charge >= 0.3 is 6.03 Å². The molecule has 1 N–H and O–H groups in total. The Kier molecular flexibility index (Phi) is 5.48. The van der Waals surface area contributed by atoms with Gasteiger partial charge in [-0.15, -0.1) is 0 Å². The van der Waals surface area contributed by atoms with E-state index < -0.39 is 11.6 Å². The van der Waals surface area contributed by atoms with Crippen molar-refractivity contribution >= 4 is 30.3 Å². The number of nitrogens with one attached hydrogen (secondary N) is 1. The lowest BCUT2D eigenvalue weighted by atomic mass is 10.1. The molecule has 1 aliphatic rings. The molecule has 1 saturated heterocycles. The van der Waals surface area contributed by atoms with Crippen molar-refractivity contribution in [2.45, 2.75) is 26.3 Å². The molecule has 0 unspecified atom stereocenters. The highest BCUT2D eigenvalue weighted by Gasteiger charge is 2.44. The second-order valence-electron chi connectivity index (χ2n) is 6.02. The fourth-order valence-corrected chi connectivity index (χ4v) is 2.44. The van der Waals surface area contributed by atoms with Crippen LogP contribution in [0.2, 0.25) is 5.02 Å². The van der Waals surface area contributed by atoms with Gasteiger partial charge in [0.05, 0.1) is 10.6 Å². The number of imide groups is 1. The van der Waals surface area contributed by atoms with Crippen LogP contribution in [0, 0.1) is 11.3 Å². The normalized spacial score (nSPS) is 17.0. The Balaban J connectivity index is 2.21. The maximum absolute atomic E-state index is 12.3. The van der Waals surface area contributed by atoms with E-state index in [9.17, 15) is 9.59 Å². The van der Waals surface area contributed by atoms with Gasteiger partial charge in [0.25, 0.3) is 5.91 Å². The topological polar surface area (TPSA) is 94.8 Å². The fraction of sp³-hybridized carbons (Fsp3) is 0.222. The number of carbonyl (C=O) groups excluding carboxylic acids is 2. The van der Waals surface area contributed by atoms with Crippen LogP contribution in [-0.4, -0.2) is 29.1 Å². The molecule has 1 fully saturated rings. The Morgan fingerprint density at radius 1 is 1.42 bits per heavy atom. The standard InChI is InChI=1S/C18H17ClN4O3/c1-11(23-16(24)18(2,3)22-17(23)25)5-8-15(21-4)26-13-7-6-12(10-20)14(19)9-13/h5-9H,4H2,1-3H3,(H,22,25)/b11-5+,15-8+. The molecule has 0 atom stereocenters. The van der Waals surface area contributed by atoms with Gasteiger partial charge in [0.1, 0.15) is 17.4 Å². The minimum Gasteiger partial charge on any atom is -0.439 e. The summed E-state index contributed by atoms with van der Waals surface area (Å²) in [6, 6.07) is 6.04. The van der Waals surface area contributed by atoms with E-state index in [0.717, 1.165) is 4.90 Å². The molecule has 0 aliphatic carbocycles. The number of carbonyl (C=O) groups is 2. The van der Waals surface area contributed by atoms with Crippen LogP contribution < -0.4 is 10.1 Å². The van der Waals surface area contributed by atoms with E-state index in [2.05, 4.69) is 17.0 Å². The number of halogens is 1. The number of hydrogen-bond acceptors (Lipinski definition) is 5. The van der Waals surface area contributed by atoms with Crippen molar-refractivity contribution in [2.75, 3.05) is 0 Å². The van der Waals surface area contributed by atoms with Gasteiger partial charge in [-0.2, -0.15) is 5.26 Å². The Hall–Kier alpha value is -3.11. The molecular weight excluding hydrogens is 356 g/mol. The minimum atomic E-state index is -0.953. The summed E-state index contributed by atoms with van der Waals surface area (Å²) < 4.78 is 5.54. The Labute approximate surface area is 156 Å². The number of urea groups is 1. The molecule has 3 amide bonds. The van der Waals surface area contributed by atoms with E-state index >= 15 is 0 Å². The number of ether oxygens (including phenoxy) is 1. The second kappa shape index (κ2) is 7.42. The molecule has 1 aliphatic heterocycles. The zero-order valence-electron chi connectivity index (χ0n) is 14.5. The largest absolute Gasteiger partial charge is 0.439 e. The van der Waals surface area contributed by atoms with E-state index in [-0.39, 0.29) is 16.8 Å². The highest BCUT2D eigenvalue weighted by atomic mass is 35.5. The molecule has 0 aromatic heterocycles. The summed E-state index contributed by atoms with van der Waals surface area (Å²) in [5.74, 6) is 0.156. The lowest BCUT2D eigenvalue weighted by Crippen LogP contribution is -2.40. The monoisotopic (exact) mass is 372 g/mol. The molecule has 1 aromatic carbocycles. The molecule has 0 radical (unpaired) electrons. The number of allylic oxidation sites excluding steroid dienone is 3. The van der Waals surface area contributed by atoms with Crippen molar-refractivity contribution in [2.24, 2.45) is 4.99 Å². The zero-order chi connectivity index (χ0) is 19.5. The molecular formula is C18H17ClN4O3. The Morgan fingerprint density at radius 2 is 2.12 bits per heavy atom. The maximum atomic E-state index is 12.3. The molecule has 0 bridgehead atoms. The van der Waals surface area contributed by atoms with Crippen molar-refractivity contribution in [1.29, 1.82) is 5.26 Å². The van der Waals surface area contributed by atoms with E-state index in [4.69, 9.17) is 21.6 Å². The Morgan fingerprint density at radius 3 is 2.62 bits per heavy atom. The van der Waals surface area contributed by atoms with Crippen LogP contribution in [0.4, 0.5) is 4.79 Å². The lowest BCUT2D eigenvalue weighted by Gasteiger charge is -2.16. The lowest BCUT2D eigenvalue weighted by molar-refractivity contribution is -0.128. The smallest absolute Gasteiger partial charge is 0.329 e. The molecule has 8 heteroatoms. The first-order chi connectivity index (χ1) is 12.2. The SMILES string of the molecule is C=N/C(=C\C=C(/C)N1C(=O)NC(C)(C)C1=O)Oc1ccc(C#N)c(Cl)c1. The number of nitrogens with zero attached hydrogens (tertiary/aromatic N) is 3. The highest BCUT2D eigenvalue weighted by Crippen LogP contribution is 2.24. The third-order valence-electron chi connectivity index (χ3n) is 3.62. The van der Waals surface area contributed by atoms with Gasteiger partial charge in [0.15, 0.2) is 0 Å². The molecule has 0 spiro atoms.